The molecule has 0 saturated heterocycles. The Balaban J connectivity index is 0.000000476. The molecule has 0 aliphatic rings. The summed E-state index contributed by atoms with van der Waals surface area (Å²) in [4.78, 5) is 19.1. The van der Waals surface area contributed by atoms with Crippen molar-refractivity contribution in [3.8, 4) is 23.0 Å². The Bertz CT molecular complexity index is 2160. The van der Waals surface area contributed by atoms with Crippen molar-refractivity contribution in [1.82, 2.24) is 0 Å². The lowest BCUT2D eigenvalue weighted by molar-refractivity contribution is 0.280. The number of para-hydroxylation sites is 3. The summed E-state index contributed by atoms with van der Waals surface area (Å²) in [7, 11) is -8.73. The fraction of sp³-hybridized carbons (Fsp3) is 0.684. The zero-order valence-electron chi connectivity index (χ0n) is 55.8. The van der Waals surface area contributed by atoms with E-state index in [1.165, 1.54) is 218 Å². The molecule has 0 fully saturated rings. The van der Waals surface area contributed by atoms with E-state index in [2.05, 4.69) is 71.9 Å². The van der Waals surface area contributed by atoms with E-state index < -0.39 is 15.6 Å². The number of aryl methyl sites for hydroxylation is 6. The van der Waals surface area contributed by atoms with Crippen LogP contribution in [0.2, 0.25) is 0 Å². The lowest BCUT2D eigenvalue weighted by Crippen LogP contribution is -2.10. The number of unbranched alkanes of at least 4 members (excludes halogenated alkanes) is 36. The molecule has 0 spiro atoms. The first-order valence-electron chi connectivity index (χ1n) is 35.8. The Kier molecular flexibility index (Phi) is 44.8. The maximum atomic E-state index is 14.9. The monoisotopic (exact) mass is 1230 g/mol. The molecular weight excluding hydrogens is 1100 g/mol. The number of hydrogen-bond donors (Lipinski definition) is 2. The first kappa shape index (κ1) is 76.7. The van der Waals surface area contributed by atoms with Crippen LogP contribution in [-0.4, -0.2) is 9.79 Å². The molecule has 10 heteroatoms. The van der Waals surface area contributed by atoms with Crippen LogP contribution in [0.5, 0.6) is 23.0 Å². The van der Waals surface area contributed by atoms with Crippen molar-refractivity contribution in [2.45, 2.75) is 337 Å². The van der Waals surface area contributed by atoms with Crippen LogP contribution in [0.25, 0.3) is 0 Å². The maximum Gasteiger partial charge on any atom is 0.647 e. The molecule has 4 aromatic rings. The van der Waals surface area contributed by atoms with Gasteiger partial charge in [0.2, 0.25) is 0 Å². The van der Waals surface area contributed by atoms with Gasteiger partial charge in [0.25, 0.3) is 0 Å². The van der Waals surface area contributed by atoms with Gasteiger partial charge in [-0.2, -0.15) is 4.57 Å². The molecule has 488 valence electrons. The van der Waals surface area contributed by atoms with Gasteiger partial charge in [-0.3, -0.25) is 9.79 Å². The molecule has 8 nitrogen and oxygen atoms in total. The molecule has 0 atom stereocenters. The number of phosphoric acid groups is 2. The smallest absolute Gasteiger partial charge is 0.404 e. The van der Waals surface area contributed by atoms with Crippen molar-refractivity contribution in [3.05, 3.63) is 118 Å². The van der Waals surface area contributed by atoms with E-state index in [9.17, 15) is 18.9 Å². The van der Waals surface area contributed by atoms with Gasteiger partial charge in [-0.15, -0.1) is 0 Å². The summed E-state index contributed by atoms with van der Waals surface area (Å²) < 4.78 is 51.3. The number of hydrogen-bond acceptors (Lipinski definition) is 6. The van der Waals surface area contributed by atoms with Crippen LogP contribution < -0.4 is 18.1 Å². The zero-order chi connectivity index (χ0) is 62.0. The van der Waals surface area contributed by atoms with Gasteiger partial charge in [-0.1, -0.05) is 338 Å². The Labute approximate surface area is 528 Å². The fourth-order valence-electron chi connectivity index (χ4n) is 11.8. The Hall–Kier alpha value is -3.54. The van der Waals surface area contributed by atoms with Gasteiger partial charge in [0, 0.05) is 0 Å². The van der Waals surface area contributed by atoms with Gasteiger partial charge in [0.15, 0.2) is 0 Å². The van der Waals surface area contributed by atoms with Crippen LogP contribution in [0, 0.1) is 6.92 Å². The fourth-order valence-corrected chi connectivity index (χ4v) is 13.6. The summed E-state index contributed by atoms with van der Waals surface area (Å²) in [5.41, 5.74) is 6.20. The summed E-state index contributed by atoms with van der Waals surface area (Å²) in [6.45, 7) is 13.4. The molecule has 0 unspecified atom stereocenters. The second-order valence-corrected chi connectivity index (χ2v) is 27.6. The van der Waals surface area contributed by atoms with Crippen molar-refractivity contribution in [3.63, 3.8) is 0 Å². The van der Waals surface area contributed by atoms with Crippen molar-refractivity contribution in [2.75, 3.05) is 0 Å². The second kappa shape index (κ2) is 50.2. The van der Waals surface area contributed by atoms with Crippen molar-refractivity contribution in [1.29, 1.82) is 0 Å². The van der Waals surface area contributed by atoms with Crippen LogP contribution in [0.3, 0.4) is 0 Å². The molecule has 86 heavy (non-hydrogen) atoms. The normalized spacial score (nSPS) is 11.6. The van der Waals surface area contributed by atoms with E-state index >= 15 is 0 Å². The van der Waals surface area contributed by atoms with Gasteiger partial charge in [-0.05, 0) is 117 Å². The average molecular weight is 1230 g/mol. The summed E-state index contributed by atoms with van der Waals surface area (Å²) in [5.74, 6) is 2.18. The molecule has 4 aromatic carbocycles. The van der Waals surface area contributed by atoms with E-state index in [0.717, 1.165) is 110 Å². The van der Waals surface area contributed by atoms with Crippen LogP contribution in [0.1, 0.15) is 331 Å². The predicted octanol–water partition coefficient (Wildman–Crippen LogP) is 25.6. The maximum absolute atomic E-state index is 14.9. The highest BCUT2D eigenvalue weighted by molar-refractivity contribution is 7.49. The molecule has 0 radical (unpaired) electrons. The minimum absolute atomic E-state index is 0.445. The highest BCUT2D eigenvalue weighted by Gasteiger charge is 2.35. The third kappa shape index (κ3) is 37.5. The molecule has 0 saturated carbocycles. The van der Waals surface area contributed by atoms with Gasteiger partial charge < -0.3 is 18.1 Å². The molecule has 4 rings (SSSR count). The van der Waals surface area contributed by atoms with E-state index in [-0.39, 0.29) is 0 Å². The largest absolute Gasteiger partial charge is 0.647 e. The number of rotatable bonds is 54. The van der Waals surface area contributed by atoms with Crippen LogP contribution in [0.15, 0.2) is 84.9 Å². The summed E-state index contributed by atoms with van der Waals surface area (Å²) >= 11 is 0. The van der Waals surface area contributed by atoms with Gasteiger partial charge in [-0.25, -0.2) is 4.57 Å². The van der Waals surface area contributed by atoms with Crippen LogP contribution in [-0.2, 0) is 41.2 Å². The third-order valence-corrected chi connectivity index (χ3v) is 18.6. The molecule has 0 aliphatic heterocycles. The standard InChI is InChI=1S/C45H69O4P.C31H57O4P/c1-4-7-10-13-16-19-22-31-40-34-25-28-37-43(40)47-50(46,48-44-38-29-26-35-41(44)32-23-20-17-14-11-8-5-2)49-45-39-30-27-36-42(45)33-24-21-18-15-12-9-6-3;1-4-6-8-10-12-14-16-18-20-22-24-29-26-28(3)27-30(31(29)35-36(32,33)34)25-23-21-19-17-15-13-11-9-7-5-2/h25-30,34-39H,4-24,31-33H2,1-3H3;26-27H,4-25H2,1-3H3,(H2,32,33,34). The van der Waals surface area contributed by atoms with Crippen molar-refractivity contribution in [2.24, 2.45) is 0 Å². The van der Waals surface area contributed by atoms with E-state index in [1.54, 1.807) is 0 Å². The first-order valence-corrected chi connectivity index (χ1v) is 38.7. The van der Waals surface area contributed by atoms with Gasteiger partial charge >= 0.3 is 15.6 Å². The SMILES string of the molecule is CCCCCCCCCCCCc1cc(C)cc(CCCCCCCCCCCC)c1OP(=O)(O)O.CCCCCCCCCc1ccccc1OP(=O)(Oc1ccccc1CCCCCCCCC)Oc1ccccc1CCCCCCCCC. The van der Waals surface area contributed by atoms with E-state index in [0.29, 0.717) is 23.0 Å². The third-order valence-electron chi connectivity index (χ3n) is 16.9. The summed E-state index contributed by atoms with van der Waals surface area (Å²) in [5, 5.41) is 0. The quantitative estimate of drug-likeness (QED) is 0.0332. The van der Waals surface area contributed by atoms with E-state index in [4.69, 9.17) is 18.1 Å². The van der Waals surface area contributed by atoms with Gasteiger partial charge in [0.1, 0.15) is 23.0 Å². The lowest BCUT2D eigenvalue weighted by atomic mass is 9.96. The molecular formula is C76H126O8P2. The minimum atomic E-state index is -4.59. The van der Waals surface area contributed by atoms with Gasteiger partial charge in [0.05, 0.1) is 0 Å². The molecule has 0 aliphatic carbocycles. The molecule has 2 N–H and O–H groups in total. The Morgan fingerprint density at radius 2 is 0.500 bits per heavy atom. The Morgan fingerprint density at radius 1 is 0.291 bits per heavy atom. The van der Waals surface area contributed by atoms with Crippen LogP contribution in [0.4, 0.5) is 0 Å². The van der Waals surface area contributed by atoms with Crippen molar-refractivity contribution >= 4 is 15.6 Å². The van der Waals surface area contributed by atoms with Crippen LogP contribution >= 0.6 is 15.6 Å². The van der Waals surface area contributed by atoms with Crippen molar-refractivity contribution < 1.29 is 37.0 Å². The topological polar surface area (TPSA) is 112 Å². The molecule has 0 amide bonds. The minimum Gasteiger partial charge on any atom is -0.404 e. The highest BCUT2D eigenvalue weighted by atomic mass is 31.2. The molecule has 0 aromatic heterocycles. The molecule has 0 bridgehead atoms. The Morgan fingerprint density at radius 3 is 0.733 bits per heavy atom. The predicted molar refractivity (Wildman–Crippen MR) is 369 cm³/mol. The molecule has 0 heterocycles. The summed E-state index contributed by atoms with van der Waals surface area (Å²) in [6, 6.07) is 28.0. The number of benzene rings is 4. The lowest BCUT2D eigenvalue weighted by Gasteiger charge is -2.23. The first-order chi connectivity index (χ1) is 42.0. The highest BCUT2D eigenvalue weighted by Crippen LogP contribution is 2.52. The average Bonchev–Trinajstić information content (AvgIpc) is 3.64. The second-order valence-electron chi connectivity index (χ2n) is 25.0. The van der Waals surface area contributed by atoms with E-state index in [1.807, 2.05) is 54.6 Å². The summed E-state index contributed by atoms with van der Waals surface area (Å²) in [6.07, 6.45) is 55.9. The zero-order valence-corrected chi connectivity index (χ0v) is 57.6. The number of phosphoric ester groups is 2.